The molecule has 24 heavy (non-hydrogen) atoms. The number of aliphatic carboxylic acids is 1. The maximum Gasteiger partial charge on any atom is 0.328 e. The minimum atomic E-state index is -1.02. The molecular formula is C16H11Br2Cl2NO3. The van der Waals surface area contributed by atoms with Gasteiger partial charge in [0.05, 0.1) is 19.7 Å². The van der Waals surface area contributed by atoms with Gasteiger partial charge in [0.15, 0.2) is 0 Å². The van der Waals surface area contributed by atoms with E-state index in [1.54, 1.807) is 24.3 Å². The number of carbonyl (C=O) groups is 1. The summed E-state index contributed by atoms with van der Waals surface area (Å²) in [6, 6.07) is 6.75. The van der Waals surface area contributed by atoms with Gasteiger partial charge < -0.3 is 15.6 Å². The van der Waals surface area contributed by atoms with E-state index in [9.17, 15) is 4.79 Å². The molecule has 0 spiro atoms. The second-order valence-corrected chi connectivity index (χ2v) is 7.27. The fourth-order valence-electron chi connectivity index (χ4n) is 1.90. The lowest BCUT2D eigenvalue weighted by atomic mass is 10.2. The van der Waals surface area contributed by atoms with E-state index < -0.39 is 5.97 Å². The molecule has 0 bridgehead atoms. The summed E-state index contributed by atoms with van der Waals surface area (Å²) in [4.78, 5) is 10.6. The highest BCUT2D eigenvalue weighted by Crippen LogP contribution is 2.37. The quantitative estimate of drug-likeness (QED) is 0.407. The number of carboxylic acids is 1. The number of halogens is 4. The van der Waals surface area contributed by atoms with Crippen molar-refractivity contribution in [2.45, 2.75) is 6.61 Å². The normalized spacial score (nSPS) is 11.0. The molecule has 8 heteroatoms. The van der Waals surface area contributed by atoms with Gasteiger partial charge in [-0.3, -0.25) is 0 Å². The monoisotopic (exact) mass is 493 g/mol. The average molecular weight is 496 g/mol. The molecule has 2 rings (SSSR count). The van der Waals surface area contributed by atoms with Crippen LogP contribution in [0.1, 0.15) is 11.1 Å². The number of anilines is 1. The van der Waals surface area contributed by atoms with Crippen LogP contribution in [0.4, 0.5) is 5.69 Å². The molecule has 0 aliphatic carbocycles. The molecule has 0 aliphatic heterocycles. The maximum atomic E-state index is 10.6. The molecule has 126 valence electrons. The Balaban J connectivity index is 2.23. The molecular weight excluding hydrogens is 485 g/mol. The van der Waals surface area contributed by atoms with Crippen molar-refractivity contribution >= 4 is 72.8 Å². The van der Waals surface area contributed by atoms with Crippen molar-refractivity contribution in [2.75, 3.05) is 5.73 Å². The second-order valence-electron chi connectivity index (χ2n) is 4.74. The van der Waals surface area contributed by atoms with Crippen LogP contribution in [0.2, 0.25) is 10.0 Å². The number of nitrogens with two attached hydrogens (primary N) is 1. The molecule has 0 saturated heterocycles. The molecule has 0 unspecified atom stereocenters. The lowest BCUT2D eigenvalue weighted by Crippen LogP contribution is -2.00. The zero-order valence-corrected chi connectivity index (χ0v) is 16.7. The van der Waals surface area contributed by atoms with Gasteiger partial charge in [-0.05, 0) is 67.8 Å². The molecule has 0 atom stereocenters. The standard InChI is InChI=1S/C16H11Br2Cl2NO3/c17-11-3-8(1-2-14(22)23)4-12(18)16(11)24-7-9-5-10(19)6-13(21)15(9)20/h1-6H,7,21H2,(H,22,23)/b2-1+. The summed E-state index contributed by atoms with van der Waals surface area (Å²) in [7, 11) is 0. The van der Waals surface area contributed by atoms with Crippen LogP contribution in [-0.4, -0.2) is 11.1 Å². The Morgan fingerprint density at radius 3 is 2.42 bits per heavy atom. The summed E-state index contributed by atoms with van der Waals surface area (Å²) >= 11 is 18.9. The maximum absolute atomic E-state index is 10.6. The molecule has 4 nitrogen and oxygen atoms in total. The number of hydrogen-bond acceptors (Lipinski definition) is 3. The van der Waals surface area contributed by atoms with Gasteiger partial charge in [0.1, 0.15) is 12.4 Å². The third-order valence-electron chi connectivity index (χ3n) is 2.95. The zero-order chi connectivity index (χ0) is 17.9. The van der Waals surface area contributed by atoms with Crippen molar-refractivity contribution < 1.29 is 14.6 Å². The van der Waals surface area contributed by atoms with Gasteiger partial charge in [-0.25, -0.2) is 4.79 Å². The number of nitrogen functional groups attached to an aromatic ring is 1. The smallest absolute Gasteiger partial charge is 0.328 e. The van der Waals surface area contributed by atoms with Crippen LogP contribution in [0, 0.1) is 0 Å². The molecule has 0 aliphatic rings. The van der Waals surface area contributed by atoms with Crippen LogP contribution < -0.4 is 10.5 Å². The second kappa shape index (κ2) is 8.25. The third-order valence-corrected chi connectivity index (χ3v) is 4.81. The molecule has 0 heterocycles. The topological polar surface area (TPSA) is 72.5 Å². The van der Waals surface area contributed by atoms with E-state index in [1.165, 1.54) is 6.08 Å². The van der Waals surface area contributed by atoms with Crippen LogP contribution in [0.25, 0.3) is 6.08 Å². The first-order valence-corrected chi connectivity index (χ1v) is 8.88. The lowest BCUT2D eigenvalue weighted by Gasteiger charge is -2.13. The number of hydrogen-bond donors (Lipinski definition) is 2. The highest BCUT2D eigenvalue weighted by atomic mass is 79.9. The summed E-state index contributed by atoms with van der Waals surface area (Å²) in [5.74, 6) is -0.465. The van der Waals surface area contributed by atoms with Gasteiger partial charge in [-0.2, -0.15) is 0 Å². The van der Waals surface area contributed by atoms with Gasteiger partial charge in [-0.1, -0.05) is 23.2 Å². The largest absolute Gasteiger partial charge is 0.486 e. The van der Waals surface area contributed by atoms with E-state index in [0.717, 1.165) is 6.08 Å². The van der Waals surface area contributed by atoms with Crippen LogP contribution in [0.5, 0.6) is 5.75 Å². The fraction of sp³-hybridized carbons (Fsp3) is 0.0625. The van der Waals surface area contributed by atoms with E-state index in [-0.39, 0.29) is 6.61 Å². The highest BCUT2D eigenvalue weighted by Gasteiger charge is 2.12. The van der Waals surface area contributed by atoms with E-state index in [1.807, 2.05) is 0 Å². The molecule has 2 aromatic rings. The van der Waals surface area contributed by atoms with Crippen molar-refractivity contribution in [3.8, 4) is 5.75 Å². The minimum Gasteiger partial charge on any atom is -0.486 e. The average Bonchev–Trinajstić information content (AvgIpc) is 2.48. The van der Waals surface area contributed by atoms with Crippen molar-refractivity contribution in [2.24, 2.45) is 0 Å². The molecule has 0 amide bonds. The molecule has 3 N–H and O–H groups in total. The Bertz CT molecular complexity index is 802. The minimum absolute atomic E-state index is 0.172. The fourth-order valence-corrected chi connectivity index (χ4v) is 3.77. The van der Waals surface area contributed by atoms with Crippen molar-refractivity contribution in [1.29, 1.82) is 0 Å². The first-order valence-electron chi connectivity index (χ1n) is 6.54. The highest BCUT2D eigenvalue weighted by molar-refractivity contribution is 9.11. The SMILES string of the molecule is Nc1cc(Cl)cc(COc2c(Br)cc(/C=C/C(=O)O)cc2Br)c1Cl. The predicted molar refractivity (Wildman–Crippen MR) is 104 cm³/mol. The summed E-state index contributed by atoms with van der Waals surface area (Å²) in [5, 5.41) is 9.55. The van der Waals surface area contributed by atoms with Gasteiger partial charge >= 0.3 is 5.97 Å². The van der Waals surface area contributed by atoms with Crippen molar-refractivity contribution in [1.82, 2.24) is 0 Å². The van der Waals surface area contributed by atoms with E-state index in [0.29, 0.717) is 41.6 Å². The Labute approximate surface area is 165 Å². The number of benzene rings is 2. The van der Waals surface area contributed by atoms with Crippen molar-refractivity contribution in [3.05, 3.63) is 60.5 Å². The molecule has 0 radical (unpaired) electrons. The number of ether oxygens (including phenoxy) is 1. The Morgan fingerprint density at radius 1 is 1.21 bits per heavy atom. The summed E-state index contributed by atoms with van der Waals surface area (Å²) < 4.78 is 7.11. The van der Waals surface area contributed by atoms with E-state index in [4.69, 9.17) is 38.8 Å². The first-order chi connectivity index (χ1) is 11.3. The molecule has 2 aromatic carbocycles. The van der Waals surface area contributed by atoms with Crippen LogP contribution >= 0.6 is 55.1 Å². The van der Waals surface area contributed by atoms with E-state index >= 15 is 0 Å². The van der Waals surface area contributed by atoms with Gasteiger partial charge in [0.2, 0.25) is 0 Å². The predicted octanol–water partition coefficient (Wildman–Crippen LogP) is 5.78. The Hall–Kier alpha value is -1.21. The van der Waals surface area contributed by atoms with Crippen LogP contribution in [-0.2, 0) is 11.4 Å². The van der Waals surface area contributed by atoms with Gasteiger partial charge in [-0.15, -0.1) is 0 Å². The first kappa shape index (κ1) is 19.1. The summed E-state index contributed by atoms with van der Waals surface area (Å²) in [6.45, 7) is 0.172. The Kier molecular flexibility index (Phi) is 6.57. The van der Waals surface area contributed by atoms with Gasteiger partial charge in [0.25, 0.3) is 0 Å². The molecule has 0 fully saturated rings. The van der Waals surface area contributed by atoms with Gasteiger partial charge in [0, 0.05) is 16.7 Å². The summed E-state index contributed by atoms with van der Waals surface area (Å²) in [5.41, 5.74) is 7.53. The molecule has 0 aromatic heterocycles. The lowest BCUT2D eigenvalue weighted by molar-refractivity contribution is -0.131. The molecule has 0 saturated carbocycles. The summed E-state index contributed by atoms with van der Waals surface area (Å²) in [6.07, 6.45) is 2.54. The number of carboxylic acid groups (broad SMARTS) is 1. The Morgan fingerprint density at radius 2 is 1.83 bits per heavy atom. The van der Waals surface area contributed by atoms with E-state index in [2.05, 4.69) is 31.9 Å². The number of rotatable bonds is 5. The zero-order valence-electron chi connectivity index (χ0n) is 12.0. The third kappa shape index (κ3) is 4.89. The van der Waals surface area contributed by atoms with Crippen LogP contribution in [0.15, 0.2) is 39.3 Å². The van der Waals surface area contributed by atoms with Crippen molar-refractivity contribution in [3.63, 3.8) is 0 Å². The van der Waals surface area contributed by atoms with Crippen LogP contribution in [0.3, 0.4) is 0 Å².